The zero-order chi connectivity index (χ0) is 21.3. The first kappa shape index (κ1) is 20.9. The fourth-order valence-corrected chi connectivity index (χ4v) is 4.77. The molecule has 3 aromatic rings. The van der Waals surface area contributed by atoms with Crippen molar-refractivity contribution in [1.29, 1.82) is 0 Å². The number of esters is 1. The van der Waals surface area contributed by atoms with Crippen LogP contribution in [0.25, 0.3) is 22.4 Å². The number of aromatic nitrogens is 2. The summed E-state index contributed by atoms with van der Waals surface area (Å²) in [6, 6.07) is 15.4. The lowest BCUT2D eigenvalue weighted by atomic mass is 9.75. The topological polar surface area (TPSA) is 44.1 Å². The van der Waals surface area contributed by atoms with Gasteiger partial charge in [-0.05, 0) is 67.0 Å². The van der Waals surface area contributed by atoms with Gasteiger partial charge in [0.2, 0.25) is 0 Å². The number of nitrogens with zero attached hydrogens (tertiary/aromatic N) is 2. The second-order valence-corrected chi connectivity index (χ2v) is 9.31. The van der Waals surface area contributed by atoms with Gasteiger partial charge in [0.15, 0.2) is 0 Å². The van der Waals surface area contributed by atoms with Crippen LogP contribution in [0.2, 0.25) is 5.02 Å². The molecule has 1 aromatic heterocycles. The van der Waals surface area contributed by atoms with Gasteiger partial charge in [-0.2, -0.15) is 0 Å². The van der Waals surface area contributed by atoms with Crippen LogP contribution in [0.3, 0.4) is 0 Å². The van der Waals surface area contributed by atoms with Crippen molar-refractivity contribution in [1.82, 2.24) is 9.55 Å². The number of carbonyl (C=O) groups excluding carboxylic acids is 1. The van der Waals surface area contributed by atoms with Crippen LogP contribution in [0.4, 0.5) is 0 Å². The minimum absolute atomic E-state index is 0.00461. The Bertz CT molecular complexity index is 1030. The Morgan fingerprint density at radius 2 is 1.90 bits per heavy atom. The average Bonchev–Trinajstić information content (AvgIpc) is 3.07. The highest BCUT2D eigenvalue weighted by atomic mass is 35.5. The van der Waals surface area contributed by atoms with Gasteiger partial charge in [-0.15, -0.1) is 0 Å². The molecule has 0 saturated heterocycles. The van der Waals surface area contributed by atoms with Crippen molar-refractivity contribution >= 4 is 28.6 Å². The molecule has 4 nitrogen and oxygen atoms in total. The molecule has 4 rings (SSSR count). The van der Waals surface area contributed by atoms with E-state index in [0.29, 0.717) is 22.8 Å². The molecule has 0 radical (unpaired) electrons. The number of hydrogen-bond donors (Lipinski definition) is 0. The van der Waals surface area contributed by atoms with Crippen LogP contribution in [0, 0.1) is 17.8 Å². The number of imidazole rings is 1. The number of rotatable bonds is 5. The van der Waals surface area contributed by atoms with Crippen LogP contribution in [0.5, 0.6) is 0 Å². The number of halogens is 1. The summed E-state index contributed by atoms with van der Waals surface area (Å²) in [5.74, 6) is 2.09. The second-order valence-electron chi connectivity index (χ2n) is 8.87. The third-order valence-corrected chi connectivity index (χ3v) is 6.54. The highest BCUT2D eigenvalue weighted by Gasteiger charge is 2.33. The van der Waals surface area contributed by atoms with Crippen LogP contribution >= 0.6 is 11.6 Å². The molecule has 5 heteroatoms. The van der Waals surface area contributed by atoms with Crippen molar-refractivity contribution in [3.63, 3.8) is 0 Å². The van der Waals surface area contributed by atoms with E-state index in [0.717, 1.165) is 35.3 Å². The van der Waals surface area contributed by atoms with Crippen LogP contribution in [0.1, 0.15) is 40.0 Å². The summed E-state index contributed by atoms with van der Waals surface area (Å²) in [5, 5.41) is 0.673. The van der Waals surface area contributed by atoms with Gasteiger partial charge in [0.05, 0.1) is 11.0 Å². The van der Waals surface area contributed by atoms with Gasteiger partial charge in [0.25, 0.3) is 0 Å². The molecule has 0 aliphatic heterocycles. The van der Waals surface area contributed by atoms with Crippen molar-refractivity contribution in [2.24, 2.45) is 17.8 Å². The maximum atomic E-state index is 13.0. The minimum Gasteiger partial charge on any atom is -0.461 e. The van der Waals surface area contributed by atoms with E-state index in [4.69, 9.17) is 21.3 Å². The molecule has 30 heavy (non-hydrogen) atoms. The lowest BCUT2D eigenvalue weighted by Gasteiger charge is -2.36. The molecule has 3 unspecified atom stereocenters. The summed E-state index contributed by atoms with van der Waals surface area (Å²) in [6.45, 7) is 6.85. The van der Waals surface area contributed by atoms with Crippen molar-refractivity contribution in [2.45, 2.75) is 52.7 Å². The molecule has 2 aromatic carbocycles. The molecule has 1 heterocycles. The summed E-state index contributed by atoms with van der Waals surface area (Å²) >= 11 is 6.06. The van der Waals surface area contributed by atoms with E-state index in [1.165, 1.54) is 6.42 Å². The zero-order valence-corrected chi connectivity index (χ0v) is 18.6. The van der Waals surface area contributed by atoms with Crippen LogP contribution < -0.4 is 0 Å². The molecule has 1 aliphatic rings. The number of carbonyl (C=O) groups is 1. The molecule has 0 amide bonds. The van der Waals surface area contributed by atoms with Crippen molar-refractivity contribution in [2.75, 3.05) is 0 Å². The summed E-state index contributed by atoms with van der Waals surface area (Å²) in [5.41, 5.74) is 2.72. The molecule has 3 atom stereocenters. The molecule has 0 spiro atoms. The molecule has 1 fully saturated rings. The molecule has 158 valence electrons. The number of fused-ring (bicyclic) bond motifs is 1. The van der Waals surface area contributed by atoms with Crippen LogP contribution in [-0.2, 0) is 16.1 Å². The smallest absolute Gasteiger partial charge is 0.326 e. The fourth-order valence-electron chi connectivity index (χ4n) is 4.64. The van der Waals surface area contributed by atoms with E-state index in [2.05, 4.69) is 20.8 Å². The predicted molar refractivity (Wildman–Crippen MR) is 121 cm³/mol. The van der Waals surface area contributed by atoms with Crippen molar-refractivity contribution < 1.29 is 9.53 Å². The Hall–Kier alpha value is -2.33. The Kier molecular flexibility index (Phi) is 6.14. The van der Waals surface area contributed by atoms with Gasteiger partial charge >= 0.3 is 5.97 Å². The summed E-state index contributed by atoms with van der Waals surface area (Å²) in [6.07, 6.45) is 3.28. The molecule has 1 aliphatic carbocycles. The van der Waals surface area contributed by atoms with E-state index < -0.39 is 0 Å². The molecule has 1 saturated carbocycles. The zero-order valence-electron chi connectivity index (χ0n) is 17.8. The lowest BCUT2D eigenvalue weighted by molar-refractivity contribution is -0.156. The third-order valence-electron chi connectivity index (χ3n) is 6.29. The SMILES string of the molecule is CC1CCC(C(C)C)C(OC(=O)Cn2c(-c3ccc(Cl)cc3)nc3ccccc32)C1. The number of ether oxygens (including phenoxy) is 1. The molecular weight excluding hydrogens is 396 g/mol. The largest absolute Gasteiger partial charge is 0.461 e. The molecular formula is C25H29ClN2O2. The van der Waals surface area contributed by atoms with Gasteiger partial charge in [0, 0.05) is 10.6 Å². The average molecular weight is 425 g/mol. The highest BCUT2D eigenvalue weighted by Crippen LogP contribution is 2.35. The highest BCUT2D eigenvalue weighted by molar-refractivity contribution is 6.30. The van der Waals surface area contributed by atoms with Crippen molar-refractivity contribution in [3.8, 4) is 11.4 Å². The third kappa shape index (κ3) is 4.39. The summed E-state index contributed by atoms with van der Waals surface area (Å²) < 4.78 is 8.02. The first-order valence-electron chi connectivity index (χ1n) is 10.8. The van der Waals surface area contributed by atoms with Gasteiger partial charge < -0.3 is 9.30 Å². The first-order valence-corrected chi connectivity index (χ1v) is 11.2. The summed E-state index contributed by atoms with van der Waals surface area (Å²) in [7, 11) is 0. The van der Waals surface area contributed by atoms with Gasteiger partial charge in [-0.1, -0.05) is 50.9 Å². The van der Waals surface area contributed by atoms with Gasteiger partial charge in [-0.25, -0.2) is 4.98 Å². The monoisotopic (exact) mass is 424 g/mol. The summed E-state index contributed by atoms with van der Waals surface area (Å²) in [4.78, 5) is 17.8. The Labute approximate surface area is 183 Å². The normalized spacial score (nSPS) is 21.8. The van der Waals surface area contributed by atoms with E-state index in [1.54, 1.807) is 0 Å². The van der Waals surface area contributed by atoms with Gasteiger partial charge in [0.1, 0.15) is 18.5 Å². The molecule has 0 bridgehead atoms. The van der Waals surface area contributed by atoms with Crippen LogP contribution in [-0.4, -0.2) is 21.6 Å². The Morgan fingerprint density at radius 3 is 2.63 bits per heavy atom. The predicted octanol–water partition coefficient (Wildman–Crippen LogP) is 6.36. The number of para-hydroxylation sites is 2. The second kappa shape index (κ2) is 8.81. The Morgan fingerprint density at radius 1 is 1.17 bits per heavy atom. The van der Waals surface area contributed by atoms with Gasteiger partial charge in [-0.3, -0.25) is 4.79 Å². The van der Waals surface area contributed by atoms with E-state index in [-0.39, 0.29) is 18.6 Å². The van der Waals surface area contributed by atoms with E-state index in [9.17, 15) is 4.79 Å². The quantitative estimate of drug-likeness (QED) is 0.447. The minimum atomic E-state index is -0.196. The van der Waals surface area contributed by atoms with Crippen LogP contribution in [0.15, 0.2) is 48.5 Å². The number of benzene rings is 2. The standard InChI is InChI=1S/C25H29ClN2O2/c1-16(2)20-13-8-17(3)14-23(20)30-24(29)15-28-22-7-5-4-6-21(22)27-25(28)18-9-11-19(26)12-10-18/h4-7,9-12,16-17,20,23H,8,13-15H2,1-3H3. The fraction of sp³-hybridized carbons (Fsp3) is 0.440. The Balaban J connectivity index is 1.62. The van der Waals surface area contributed by atoms with Crippen molar-refractivity contribution in [3.05, 3.63) is 53.6 Å². The number of hydrogen-bond acceptors (Lipinski definition) is 3. The van der Waals surface area contributed by atoms with E-state index in [1.807, 2.05) is 53.1 Å². The maximum Gasteiger partial charge on any atom is 0.326 e. The van der Waals surface area contributed by atoms with E-state index >= 15 is 0 Å². The lowest BCUT2D eigenvalue weighted by Crippen LogP contribution is -2.36. The first-order chi connectivity index (χ1) is 14.4. The maximum absolute atomic E-state index is 13.0. The molecule has 0 N–H and O–H groups in total.